The molecule has 2 unspecified atom stereocenters. The molecule has 138 valence electrons. The Morgan fingerprint density at radius 1 is 1.28 bits per heavy atom. The largest absolute Gasteiger partial charge is 0.480 e. The van der Waals surface area contributed by atoms with Gasteiger partial charge in [-0.2, -0.15) is 0 Å². The molecular weight excluding hydrogens is 312 g/mol. The second kappa shape index (κ2) is 8.22. The van der Waals surface area contributed by atoms with Crippen LogP contribution in [0.2, 0.25) is 0 Å². The Bertz CT molecular complexity index is 596. The molecule has 0 saturated heterocycles. The maximum Gasteiger partial charge on any atom is 0.321 e. The Hall–Kier alpha value is -1.55. The van der Waals surface area contributed by atoms with Crippen LogP contribution in [0, 0.1) is 11.8 Å². The zero-order chi connectivity index (χ0) is 17.8. The second-order valence-electron chi connectivity index (χ2n) is 8.05. The summed E-state index contributed by atoms with van der Waals surface area (Å²) < 4.78 is 0. The third-order valence-electron chi connectivity index (χ3n) is 6.17. The van der Waals surface area contributed by atoms with Crippen LogP contribution in [-0.4, -0.2) is 23.7 Å². The lowest BCUT2D eigenvalue weighted by Gasteiger charge is -2.32. The molecule has 0 aromatic heterocycles. The molecule has 4 nitrogen and oxygen atoms in total. The number of nitrogens with one attached hydrogen (secondary N) is 1. The van der Waals surface area contributed by atoms with Gasteiger partial charge in [0.2, 0.25) is 0 Å². The number of carboxylic acids is 1. The first-order chi connectivity index (χ1) is 12.1. The highest BCUT2D eigenvalue weighted by Crippen LogP contribution is 2.38. The second-order valence-corrected chi connectivity index (χ2v) is 8.05. The number of fused-ring (bicyclic) bond motifs is 1. The Morgan fingerprint density at radius 3 is 2.76 bits per heavy atom. The predicted molar refractivity (Wildman–Crippen MR) is 102 cm³/mol. The highest BCUT2D eigenvalue weighted by Gasteiger charge is 2.32. The van der Waals surface area contributed by atoms with Crippen molar-refractivity contribution in [1.29, 1.82) is 0 Å². The van der Waals surface area contributed by atoms with Gasteiger partial charge in [-0.1, -0.05) is 51.2 Å². The lowest BCUT2D eigenvalue weighted by molar-refractivity contribution is -0.139. The number of aliphatic carboxylic acids is 1. The molecule has 1 aliphatic heterocycles. The summed E-state index contributed by atoms with van der Waals surface area (Å²) in [6.45, 7) is 3.18. The van der Waals surface area contributed by atoms with Gasteiger partial charge in [0, 0.05) is 18.2 Å². The van der Waals surface area contributed by atoms with Crippen LogP contribution in [0.4, 0.5) is 5.69 Å². The number of rotatable bonds is 6. The molecule has 2 aliphatic rings. The van der Waals surface area contributed by atoms with E-state index in [0.717, 1.165) is 43.0 Å². The first-order valence-corrected chi connectivity index (χ1v) is 9.91. The Balaban J connectivity index is 1.82. The van der Waals surface area contributed by atoms with Crippen LogP contribution >= 0.6 is 0 Å². The van der Waals surface area contributed by atoms with Gasteiger partial charge in [0.05, 0.1) is 0 Å². The molecule has 25 heavy (non-hydrogen) atoms. The molecule has 3 rings (SSSR count). The number of benzene rings is 1. The van der Waals surface area contributed by atoms with Crippen LogP contribution in [0.3, 0.4) is 0 Å². The van der Waals surface area contributed by atoms with Gasteiger partial charge in [-0.15, -0.1) is 0 Å². The summed E-state index contributed by atoms with van der Waals surface area (Å²) >= 11 is 0. The molecule has 0 bridgehead atoms. The third-order valence-corrected chi connectivity index (χ3v) is 6.17. The van der Waals surface area contributed by atoms with E-state index in [9.17, 15) is 9.90 Å². The summed E-state index contributed by atoms with van der Waals surface area (Å²) in [7, 11) is 0. The van der Waals surface area contributed by atoms with Gasteiger partial charge >= 0.3 is 5.97 Å². The molecular formula is C21H32N2O2. The molecule has 1 aromatic carbocycles. The van der Waals surface area contributed by atoms with E-state index in [1.165, 1.54) is 37.7 Å². The molecule has 0 radical (unpaired) electrons. The van der Waals surface area contributed by atoms with E-state index in [1.54, 1.807) is 0 Å². The van der Waals surface area contributed by atoms with Crippen molar-refractivity contribution < 1.29 is 9.90 Å². The molecule has 1 heterocycles. The normalized spacial score (nSPS) is 21.7. The van der Waals surface area contributed by atoms with Gasteiger partial charge in [0.15, 0.2) is 0 Å². The number of anilines is 1. The smallest absolute Gasteiger partial charge is 0.321 e. The molecule has 3 atom stereocenters. The minimum absolute atomic E-state index is 0.131. The summed E-state index contributed by atoms with van der Waals surface area (Å²) in [5.41, 5.74) is 9.72. The molecule has 1 fully saturated rings. The minimum atomic E-state index is -0.897. The van der Waals surface area contributed by atoms with E-state index in [2.05, 4.69) is 30.4 Å². The van der Waals surface area contributed by atoms with Gasteiger partial charge < -0.3 is 16.2 Å². The maximum atomic E-state index is 11.7. The lowest BCUT2D eigenvalue weighted by atomic mass is 9.74. The minimum Gasteiger partial charge on any atom is -0.480 e. The summed E-state index contributed by atoms with van der Waals surface area (Å²) in [4.78, 5) is 11.7. The predicted octanol–water partition coefficient (Wildman–Crippen LogP) is 4.15. The Kier molecular flexibility index (Phi) is 6.00. The molecule has 0 amide bonds. The zero-order valence-electron chi connectivity index (χ0n) is 15.3. The van der Waals surface area contributed by atoms with Crippen LogP contribution < -0.4 is 11.1 Å². The topological polar surface area (TPSA) is 75.3 Å². The SMILES string of the molecule is CC(CC1CCCCC1)C(c1ccc2c(c1)NCCC2)[C@H](N)C(=O)O. The van der Waals surface area contributed by atoms with Gasteiger partial charge in [-0.25, -0.2) is 0 Å². The highest BCUT2D eigenvalue weighted by molar-refractivity contribution is 5.75. The van der Waals surface area contributed by atoms with Gasteiger partial charge in [-0.05, 0) is 48.3 Å². The van der Waals surface area contributed by atoms with Gasteiger partial charge in [0.25, 0.3) is 0 Å². The average Bonchev–Trinajstić information content (AvgIpc) is 2.62. The van der Waals surface area contributed by atoms with Crippen LogP contribution in [0.25, 0.3) is 0 Å². The molecule has 1 aromatic rings. The Morgan fingerprint density at radius 2 is 2.04 bits per heavy atom. The van der Waals surface area contributed by atoms with E-state index >= 15 is 0 Å². The van der Waals surface area contributed by atoms with E-state index in [-0.39, 0.29) is 11.8 Å². The zero-order valence-corrected chi connectivity index (χ0v) is 15.3. The van der Waals surface area contributed by atoms with Crippen LogP contribution in [-0.2, 0) is 11.2 Å². The summed E-state index contributed by atoms with van der Waals surface area (Å²) in [5, 5.41) is 13.0. The number of carboxylic acid groups (broad SMARTS) is 1. The van der Waals surface area contributed by atoms with Crippen molar-refractivity contribution in [2.24, 2.45) is 17.6 Å². The van der Waals surface area contributed by atoms with Crippen molar-refractivity contribution in [1.82, 2.24) is 0 Å². The molecule has 4 N–H and O–H groups in total. The van der Waals surface area contributed by atoms with Crippen LogP contribution in [0.5, 0.6) is 0 Å². The molecule has 1 aliphatic carbocycles. The fourth-order valence-electron chi connectivity index (χ4n) is 4.82. The van der Waals surface area contributed by atoms with Gasteiger partial charge in [0.1, 0.15) is 6.04 Å². The summed E-state index contributed by atoms with van der Waals surface area (Å²) in [6.07, 6.45) is 9.87. The fourth-order valence-corrected chi connectivity index (χ4v) is 4.82. The maximum absolute atomic E-state index is 11.7. The number of carbonyl (C=O) groups is 1. The van der Waals surface area contributed by atoms with E-state index in [0.29, 0.717) is 0 Å². The first kappa shape index (κ1) is 18.2. The van der Waals surface area contributed by atoms with E-state index in [4.69, 9.17) is 5.73 Å². The molecule has 0 spiro atoms. The number of hydrogen-bond donors (Lipinski definition) is 3. The third kappa shape index (κ3) is 4.35. The number of hydrogen-bond acceptors (Lipinski definition) is 3. The van der Waals surface area contributed by atoms with E-state index in [1.807, 2.05) is 0 Å². The first-order valence-electron chi connectivity index (χ1n) is 9.91. The standard InChI is InChI=1S/C21H32N2O2/c1-14(12-15-6-3-2-4-7-15)19(20(22)21(24)25)17-10-9-16-8-5-11-23-18(16)13-17/h9-10,13-15,19-20,23H,2-8,11-12,22H2,1H3,(H,24,25)/t14?,19?,20-/m0/s1. The van der Waals surface area contributed by atoms with E-state index < -0.39 is 12.0 Å². The number of aryl methyl sites for hydroxylation is 1. The van der Waals surface area contributed by atoms with Crippen molar-refractivity contribution in [2.45, 2.75) is 70.3 Å². The average molecular weight is 344 g/mol. The van der Waals surface area contributed by atoms with Crippen molar-refractivity contribution in [2.75, 3.05) is 11.9 Å². The van der Waals surface area contributed by atoms with Crippen LogP contribution in [0.1, 0.15) is 68.9 Å². The number of nitrogens with two attached hydrogens (primary N) is 1. The van der Waals surface area contributed by atoms with Crippen LogP contribution in [0.15, 0.2) is 18.2 Å². The lowest BCUT2D eigenvalue weighted by Crippen LogP contribution is -2.40. The monoisotopic (exact) mass is 344 g/mol. The summed E-state index contributed by atoms with van der Waals surface area (Å²) in [5.74, 6) is -0.0292. The van der Waals surface area contributed by atoms with Gasteiger partial charge in [-0.3, -0.25) is 4.79 Å². The molecule has 1 saturated carbocycles. The fraction of sp³-hybridized carbons (Fsp3) is 0.667. The highest BCUT2D eigenvalue weighted by atomic mass is 16.4. The molecule has 4 heteroatoms. The van der Waals surface area contributed by atoms with Crippen molar-refractivity contribution in [3.63, 3.8) is 0 Å². The quantitative estimate of drug-likeness (QED) is 0.725. The Labute approximate surface area is 151 Å². The van der Waals surface area contributed by atoms with Crippen molar-refractivity contribution >= 4 is 11.7 Å². The summed E-state index contributed by atoms with van der Waals surface area (Å²) in [6, 6.07) is 5.57. The van der Waals surface area contributed by atoms with Crippen molar-refractivity contribution in [3.05, 3.63) is 29.3 Å². The van der Waals surface area contributed by atoms with Crippen molar-refractivity contribution in [3.8, 4) is 0 Å².